The maximum atomic E-state index is 4.63. The number of thioether (sulfide) groups is 1. The molecule has 154 valence electrons. The van der Waals surface area contributed by atoms with Crippen LogP contribution in [0.4, 0.5) is 0 Å². The molecular formula is C25H28N4S. The average molecular weight is 417 g/mol. The minimum Gasteiger partial charge on any atom is -0.300 e. The molecule has 0 aliphatic carbocycles. The number of aromatic nitrogens is 3. The van der Waals surface area contributed by atoms with E-state index in [0.717, 1.165) is 29.7 Å². The molecule has 4 rings (SSSR count). The second-order valence-corrected chi connectivity index (χ2v) is 8.67. The fourth-order valence-corrected chi connectivity index (χ4v) is 4.86. The van der Waals surface area contributed by atoms with Gasteiger partial charge in [-0.15, -0.1) is 10.2 Å². The first-order valence-electron chi connectivity index (χ1n) is 10.4. The predicted molar refractivity (Wildman–Crippen MR) is 126 cm³/mol. The Hall–Kier alpha value is -2.63. The lowest BCUT2D eigenvalue weighted by atomic mass is 10.1. The third-order valence-electron chi connectivity index (χ3n) is 5.47. The van der Waals surface area contributed by atoms with E-state index in [1.54, 1.807) is 11.8 Å². The first-order valence-corrected chi connectivity index (χ1v) is 11.4. The van der Waals surface area contributed by atoms with Crippen molar-refractivity contribution in [2.24, 2.45) is 0 Å². The van der Waals surface area contributed by atoms with Crippen molar-refractivity contribution in [3.05, 3.63) is 89.7 Å². The number of benzene rings is 3. The van der Waals surface area contributed by atoms with Gasteiger partial charge in [0.1, 0.15) is 0 Å². The molecule has 0 fully saturated rings. The summed E-state index contributed by atoms with van der Waals surface area (Å²) in [7, 11) is 4.22. The van der Waals surface area contributed by atoms with Crippen molar-refractivity contribution in [3.8, 4) is 0 Å². The van der Waals surface area contributed by atoms with Gasteiger partial charge in [0.25, 0.3) is 0 Å². The molecule has 0 N–H and O–H groups in total. The Morgan fingerprint density at radius 2 is 1.63 bits per heavy atom. The van der Waals surface area contributed by atoms with E-state index in [2.05, 4.69) is 113 Å². The zero-order valence-electron chi connectivity index (χ0n) is 17.8. The molecule has 4 aromatic rings. The Labute approximate surface area is 182 Å². The molecule has 0 radical (unpaired) electrons. The SMILES string of the molecule is CC[C@@H](c1nnc(SCc2cccc3ccccc23)n1Cc1ccccc1)N(C)C. The molecular weight excluding hydrogens is 388 g/mol. The maximum Gasteiger partial charge on any atom is 0.191 e. The standard InChI is InChI=1S/C25H28N4S/c1-4-23(28(2)3)24-26-27-25(29(24)17-19-11-6-5-7-12-19)30-18-21-15-10-14-20-13-8-9-16-22(20)21/h5-16,23H,4,17-18H2,1-3H3/t23-/m0/s1. The number of fused-ring (bicyclic) bond motifs is 1. The van der Waals surface area contributed by atoms with Crippen molar-refractivity contribution in [2.75, 3.05) is 14.1 Å². The molecule has 0 bridgehead atoms. The van der Waals surface area contributed by atoms with Crippen molar-refractivity contribution < 1.29 is 0 Å². The highest BCUT2D eigenvalue weighted by Crippen LogP contribution is 2.30. The van der Waals surface area contributed by atoms with Crippen molar-refractivity contribution in [3.63, 3.8) is 0 Å². The van der Waals surface area contributed by atoms with Gasteiger partial charge >= 0.3 is 0 Å². The Morgan fingerprint density at radius 3 is 2.40 bits per heavy atom. The van der Waals surface area contributed by atoms with Crippen LogP contribution < -0.4 is 0 Å². The van der Waals surface area contributed by atoms with E-state index in [4.69, 9.17) is 0 Å². The molecule has 1 aromatic heterocycles. The van der Waals surface area contributed by atoms with E-state index in [0.29, 0.717) is 0 Å². The molecule has 0 amide bonds. The first-order chi connectivity index (χ1) is 14.7. The Balaban J connectivity index is 1.66. The second kappa shape index (κ2) is 9.45. The lowest BCUT2D eigenvalue weighted by Gasteiger charge is -2.23. The number of hydrogen-bond acceptors (Lipinski definition) is 4. The van der Waals surface area contributed by atoms with E-state index in [-0.39, 0.29) is 6.04 Å². The van der Waals surface area contributed by atoms with Gasteiger partial charge in [0, 0.05) is 5.75 Å². The van der Waals surface area contributed by atoms with Crippen LogP contribution in [-0.4, -0.2) is 33.8 Å². The Kier molecular flexibility index (Phi) is 6.50. The molecule has 3 aromatic carbocycles. The largest absolute Gasteiger partial charge is 0.300 e. The molecule has 0 aliphatic rings. The van der Waals surface area contributed by atoms with Crippen LogP contribution in [0, 0.1) is 0 Å². The lowest BCUT2D eigenvalue weighted by molar-refractivity contribution is 0.272. The molecule has 0 saturated carbocycles. The zero-order chi connectivity index (χ0) is 20.9. The summed E-state index contributed by atoms with van der Waals surface area (Å²) >= 11 is 1.77. The van der Waals surface area contributed by atoms with Gasteiger partial charge in [-0.1, -0.05) is 91.5 Å². The smallest absolute Gasteiger partial charge is 0.191 e. The third kappa shape index (κ3) is 4.42. The zero-order valence-corrected chi connectivity index (χ0v) is 18.6. The monoisotopic (exact) mass is 416 g/mol. The quantitative estimate of drug-likeness (QED) is 0.341. The van der Waals surface area contributed by atoms with Gasteiger partial charge in [-0.05, 0) is 42.4 Å². The molecule has 1 atom stereocenters. The van der Waals surface area contributed by atoms with Gasteiger partial charge in [-0.3, -0.25) is 4.90 Å². The van der Waals surface area contributed by atoms with Crippen LogP contribution in [0.3, 0.4) is 0 Å². The van der Waals surface area contributed by atoms with Crippen LogP contribution in [0.15, 0.2) is 78.0 Å². The van der Waals surface area contributed by atoms with Gasteiger partial charge in [0.15, 0.2) is 11.0 Å². The van der Waals surface area contributed by atoms with Crippen LogP contribution in [-0.2, 0) is 12.3 Å². The Bertz CT molecular complexity index is 1100. The molecule has 0 aliphatic heterocycles. The van der Waals surface area contributed by atoms with Crippen LogP contribution >= 0.6 is 11.8 Å². The van der Waals surface area contributed by atoms with Crippen LogP contribution in [0.2, 0.25) is 0 Å². The summed E-state index contributed by atoms with van der Waals surface area (Å²) in [6, 6.07) is 25.9. The first kappa shape index (κ1) is 20.6. The summed E-state index contributed by atoms with van der Waals surface area (Å²) < 4.78 is 2.29. The van der Waals surface area contributed by atoms with E-state index in [1.165, 1.54) is 21.9 Å². The van der Waals surface area contributed by atoms with Crippen molar-refractivity contribution in [2.45, 2.75) is 36.8 Å². The normalized spacial score (nSPS) is 12.5. The van der Waals surface area contributed by atoms with Crippen LogP contribution in [0.25, 0.3) is 10.8 Å². The van der Waals surface area contributed by atoms with Crippen molar-refractivity contribution in [1.82, 2.24) is 19.7 Å². The van der Waals surface area contributed by atoms with Gasteiger partial charge in [-0.2, -0.15) is 0 Å². The molecule has 0 saturated heterocycles. The predicted octanol–water partition coefficient (Wildman–Crippen LogP) is 5.78. The average Bonchev–Trinajstić information content (AvgIpc) is 3.15. The summed E-state index contributed by atoms with van der Waals surface area (Å²) in [5.41, 5.74) is 2.59. The van der Waals surface area contributed by atoms with Crippen LogP contribution in [0.5, 0.6) is 0 Å². The maximum absolute atomic E-state index is 4.63. The highest BCUT2D eigenvalue weighted by molar-refractivity contribution is 7.98. The number of nitrogens with zero attached hydrogens (tertiary/aromatic N) is 4. The van der Waals surface area contributed by atoms with E-state index < -0.39 is 0 Å². The summed E-state index contributed by atoms with van der Waals surface area (Å²) in [6.07, 6.45) is 0.994. The van der Waals surface area contributed by atoms with Gasteiger partial charge in [0.2, 0.25) is 0 Å². The highest BCUT2D eigenvalue weighted by Gasteiger charge is 2.22. The van der Waals surface area contributed by atoms with Crippen LogP contribution in [0.1, 0.15) is 36.3 Å². The summed E-state index contributed by atoms with van der Waals surface area (Å²) in [5.74, 6) is 1.90. The summed E-state index contributed by atoms with van der Waals surface area (Å²) in [5, 5.41) is 12.8. The molecule has 0 spiro atoms. The third-order valence-corrected chi connectivity index (χ3v) is 6.49. The highest BCUT2D eigenvalue weighted by atomic mass is 32.2. The van der Waals surface area contributed by atoms with Gasteiger partial charge in [0.05, 0.1) is 12.6 Å². The number of rotatable bonds is 8. The fraction of sp³-hybridized carbons (Fsp3) is 0.280. The molecule has 1 heterocycles. The topological polar surface area (TPSA) is 34.0 Å². The summed E-state index contributed by atoms with van der Waals surface area (Å²) in [4.78, 5) is 2.23. The van der Waals surface area contributed by atoms with Crippen molar-refractivity contribution in [1.29, 1.82) is 0 Å². The lowest BCUT2D eigenvalue weighted by Crippen LogP contribution is -2.23. The van der Waals surface area contributed by atoms with Crippen molar-refractivity contribution >= 4 is 22.5 Å². The van der Waals surface area contributed by atoms with E-state index in [1.807, 2.05) is 0 Å². The minimum atomic E-state index is 0.244. The summed E-state index contributed by atoms with van der Waals surface area (Å²) in [6.45, 7) is 2.99. The van der Waals surface area contributed by atoms with E-state index in [9.17, 15) is 0 Å². The van der Waals surface area contributed by atoms with E-state index >= 15 is 0 Å². The Morgan fingerprint density at radius 1 is 0.900 bits per heavy atom. The minimum absolute atomic E-state index is 0.244. The molecule has 4 nitrogen and oxygen atoms in total. The molecule has 5 heteroatoms. The number of hydrogen-bond donors (Lipinski definition) is 0. The van der Waals surface area contributed by atoms with Gasteiger partial charge < -0.3 is 4.57 Å². The fourth-order valence-electron chi connectivity index (χ4n) is 3.91. The van der Waals surface area contributed by atoms with Gasteiger partial charge in [-0.25, -0.2) is 0 Å². The molecule has 0 unspecified atom stereocenters. The molecule has 30 heavy (non-hydrogen) atoms. The second-order valence-electron chi connectivity index (χ2n) is 7.73.